The van der Waals surface area contributed by atoms with Crippen LogP contribution >= 0.6 is 0 Å². The summed E-state index contributed by atoms with van der Waals surface area (Å²) in [6, 6.07) is 0.444. The van der Waals surface area contributed by atoms with Gasteiger partial charge < -0.3 is 5.32 Å². The van der Waals surface area contributed by atoms with Crippen LogP contribution in [0.3, 0.4) is 0 Å². The van der Waals surface area contributed by atoms with E-state index in [-0.39, 0.29) is 6.54 Å². The van der Waals surface area contributed by atoms with E-state index in [4.69, 9.17) is 0 Å². The van der Waals surface area contributed by atoms with Gasteiger partial charge in [0.05, 0.1) is 13.1 Å². The quantitative estimate of drug-likeness (QED) is 0.713. The zero-order chi connectivity index (χ0) is 11.1. The summed E-state index contributed by atoms with van der Waals surface area (Å²) in [4.78, 5) is 1.83. The molecule has 4 heteroatoms. The van der Waals surface area contributed by atoms with Crippen LogP contribution in [0, 0.1) is 11.8 Å². The van der Waals surface area contributed by atoms with Crippen LogP contribution in [-0.4, -0.2) is 43.5 Å². The van der Waals surface area contributed by atoms with Gasteiger partial charge in [-0.2, -0.15) is 0 Å². The third kappa shape index (κ3) is 5.10. The van der Waals surface area contributed by atoms with Crippen molar-refractivity contribution >= 4 is 0 Å². The molecule has 0 atom stereocenters. The van der Waals surface area contributed by atoms with Crippen LogP contribution in [0.1, 0.15) is 19.8 Å². The summed E-state index contributed by atoms with van der Waals surface area (Å²) >= 11 is 0. The van der Waals surface area contributed by atoms with Crippen molar-refractivity contribution in [2.24, 2.45) is 0 Å². The topological polar surface area (TPSA) is 15.3 Å². The fourth-order valence-electron chi connectivity index (χ4n) is 1.80. The van der Waals surface area contributed by atoms with Crippen molar-refractivity contribution < 1.29 is 8.78 Å². The summed E-state index contributed by atoms with van der Waals surface area (Å²) in [6.45, 7) is 3.97. The van der Waals surface area contributed by atoms with E-state index in [9.17, 15) is 8.78 Å². The molecule has 0 aromatic carbocycles. The summed E-state index contributed by atoms with van der Waals surface area (Å²) in [5.74, 6) is 5.76. The van der Waals surface area contributed by atoms with E-state index in [1.54, 1.807) is 0 Å². The van der Waals surface area contributed by atoms with Gasteiger partial charge in [-0.15, -0.1) is 5.92 Å². The van der Waals surface area contributed by atoms with Crippen molar-refractivity contribution in [1.82, 2.24) is 10.2 Å². The smallest absolute Gasteiger partial charge is 0.251 e. The lowest BCUT2D eigenvalue weighted by Gasteiger charge is -2.31. The van der Waals surface area contributed by atoms with E-state index in [0.717, 1.165) is 25.9 Å². The average Bonchev–Trinajstić information content (AvgIpc) is 2.20. The van der Waals surface area contributed by atoms with Crippen molar-refractivity contribution in [2.45, 2.75) is 32.2 Å². The van der Waals surface area contributed by atoms with E-state index in [1.807, 2.05) is 11.8 Å². The molecule has 0 bridgehead atoms. The number of nitrogens with one attached hydrogen (secondary N) is 1. The summed E-state index contributed by atoms with van der Waals surface area (Å²) in [6.07, 6.45) is -0.323. The molecule has 1 N–H and O–H groups in total. The van der Waals surface area contributed by atoms with Crippen LogP contribution in [0.15, 0.2) is 0 Å². The molecule has 0 aliphatic carbocycles. The molecular weight excluding hydrogens is 198 g/mol. The van der Waals surface area contributed by atoms with Crippen LogP contribution in [-0.2, 0) is 0 Å². The van der Waals surface area contributed by atoms with Crippen LogP contribution < -0.4 is 5.32 Å². The first-order valence-corrected chi connectivity index (χ1v) is 5.36. The highest BCUT2D eigenvalue weighted by molar-refractivity contribution is 4.98. The molecule has 0 unspecified atom stereocenters. The van der Waals surface area contributed by atoms with Gasteiger partial charge in [-0.1, -0.05) is 5.92 Å². The van der Waals surface area contributed by atoms with Gasteiger partial charge in [0.15, 0.2) is 0 Å². The Morgan fingerprint density at radius 2 is 2.07 bits per heavy atom. The van der Waals surface area contributed by atoms with Gasteiger partial charge in [0.25, 0.3) is 6.43 Å². The maximum absolute atomic E-state index is 12.1. The molecule has 0 aromatic heterocycles. The van der Waals surface area contributed by atoms with Crippen molar-refractivity contribution in [3.63, 3.8) is 0 Å². The lowest BCUT2D eigenvalue weighted by atomic mass is 10.1. The summed E-state index contributed by atoms with van der Waals surface area (Å²) in [7, 11) is 0. The predicted molar refractivity (Wildman–Crippen MR) is 56.9 cm³/mol. The second-order valence-corrected chi connectivity index (χ2v) is 3.77. The number of rotatable bonds is 4. The van der Waals surface area contributed by atoms with E-state index in [2.05, 4.69) is 17.2 Å². The molecule has 1 rings (SSSR count). The van der Waals surface area contributed by atoms with Gasteiger partial charge in [0.1, 0.15) is 0 Å². The van der Waals surface area contributed by atoms with Gasteiger partial charge >= 0.3 is 0 Å². The molecule has 15 heavy (non-hydrogen) atoms. The van der Waals surface area contributed by atoms with E-state index in [1.165, 1.54) is 0 Å². The summed E-state index contributed by atoms with van der Waals surface area (Å²) in [5, 5.41) is 3.31. The lowest BCUT2D eigenvalue weighted by molar-refractivity contribution is 0.0734. The zero-order valence-electron chi connectivity index (χ0n) is 9.10. The standard InChI is InChI=1S/C11H18F2N2/c1-2-3-6-14-10-4-7-15(8-5-10)9-11(12)13/h10-11,14H,4-9H2,1H3. The second kappa shape index (κ2) is 6.76. The predicted octanol–water partition coefficient (Wildman–Crippen LogP) is 1.33. The molecule has 1 aliphatic rings. The van der Waals surface area contributed by atoms with Gasteiger partial charge in [-0.05, 0) is 32.9 Å². The number of hydrogen-bond acceptors (Lipinski definition) is 2. The molecule has 2 nitrogen and oxygen atoms in total. The second-order valence-electron chi connectivity index (χ2n) is 3.77. The first-order valence-electron chi connectivity index (χ1n) is 5.36. The third-order valence-corrected chi connectivity index (χ3v) is 2.64. The number of alkyl halides is 2. The molecule has 86 valence electrons. The first-order chi connectivity index (χ1) is 7.22. The molecule has 1 saturated heterocycles. The van der Waals surface area contributed by atoms with E-state index in [0.29, 0.717) is 12.6 Å². The molecule has 0 aromatic rings. The third-order valence-electron chi connectivity index (χ3n) is 2.64. The fraction of sp³-hybridized carbons (Fsp3) is 0.818. The SMILES string of the molecule is CC#CCNC1CCN(CC(F)F)CC1. The highest BCUT2D eigenvalue weighted by Crippen LogP contribution is 2.11. The minimum atomic E-state index is -2.21. The van der Waals surface area contributed by atoms with Gasteiger partial charge in [-0.3, -0.25) is 4.90 Å². The van der Waals surface area contributed by atoms with Crippen molar-refractivity contribution in [2.75, 3.05) is 26.2 Å². The zero-order valence-corrected chi connectivity index (χ0v) is 9.10. The number of halogens is 2. The Hall–Kier alpha value is -0.660. The molecule has 0 amide bonds. The van der Waals surface area contributed by atoms with Crippen LogP contribution in [0.5, 0.6) is 0 Å². The Labute approximate surface area is 90.0 Å². The number of nitrogens with zero attached hydrogens (tertiary/aromatic N) is 1. The highest BCUT2D eigenvalue weighted by Gasteiger charge is 2.20. The lowest BCUT2D eigenvalue weighted by Crippen LogP contribution is -2.44. The highest BCUT2D eigenvalue weighted by atomic mass is 19.3. The molecule has 0 saturated carbocycles. The Balaban J connectivity index is 2.14. The molecule has 1 aliphatic heterocycles. The molecule has 1 fully saturated rings. The van der Waals surface area contributed by atoms with Crippen molar-refractivity contribution in [1.29, 1.82) is 0 Å². The van der Waals surface area contributed by atoms with Crippen LogP contribution in [0.2, 0.25) is 0 Å². The van der Waals surface area contributed by atoms with Gasteiger partial charge in [0, 0.05) is 6.04 Å². The Morgan fingerprint density at radius 1 is 1.40 bits per heavy atom. The fourth-order valence-corrected chi connectivity index (χ4v) is 1.80. The number of hydrogen-bond donors (Lipinski definition) is 1. The average molecular weight is 216 g/mol. The normalized spacial score (nSPS) is 18.9. The number of likely N-dealkylation sites (tertiary alicyclic amines) is 1. The Morgan fingerprint density at radius 3 is 2.60 bits per heavy atom. The molecular formula is C11H18F2N2. The molecule has 0 radical (unpaired) electrons. The first kappa shape index (κ1) is 12.4. The van der Waals surface area contributed by atoms with Gasteiger partial charge in [-0.25, -0.2) is 8.78 Å². The minimum Gasteiger partial charge on any atom is -0.303 e. The Bertz CT molecular complexity index is 224. The monoisotopic (exact) mass is 216 g/mol. The summed E-state index contributed by atoms with van der Waals surface area (Å²) < 4.78 is 24.2. The maximum atomic E-state index is 12.1. The Kier molecular flexibility index (Phi) is 5.59. The number of piperidine rings is 1. The van der Waals surface area contributed by atoms with E-state index < -0.39 is 6.43 Å². The summed E-state index contributed by atoms with van der Waals surface area (Å²) in [5.41, 5.74) is 0. The molecule has 0 spiro atoms. The van der Waals surface area contributed by atoms with Crippen LogP contribution in [0.25, 0.3) is 0 Å². The maximum Gasteiger partial charge on any atom is 0.251 e. The molecule has 1 heterocycles. The largest absolute Gasteiger partial charge is 0.303 e. The van der Waals surface area contributed by atoms with Crippen molar-refractivity contribution in [3.8, 4) is 11.8 Å². The van der Waals surface area contributed by atoms with E-state index >= 15 is 0 Å². The van der Waals surface area contributed by atoms with Crippen molar-refractivity contribution in [3.05, 3.63) is 0 Å². The van der Waals surface area contributed by atoms with Crippen LogP contribution in [0.4, 0.5) is 8.78 Å². The van der Waals surface area contributed by atoms with Gasteiger partial charge in [0.2, 0.25) is 0 Å². The minimum absolute atomic E-state index is 0.0819.